The molecule has 3 saturated heterocycles. The molecule has 45 heavy (non-hydrogen) atoms. The Morgan fingerprint density at radius 3 is 2.78 bits per heavy atom. The van der Waals surface area contributed by atoms with Crippen LogP contribution in [0.25, 0.3) is 0 Å². The Balaban J connectivity index is 1.30. The van der Waals surface area contributed by atoms with E-state index in [1.165, 1.54) is 10.8 Å². The predicted molar refractivity (Wildman–Crippen MR) is 166 cm³/mol. The quantitative estimate of drug-likeness (QED) is 0.151. The number of carbonyl (C=O) groups excluding carboxylic acids is 2. The number of Topliss-reactive ketones (excluding diaryl/α,β-unsaturated/α-hetero) is 2. The van der Waals surface area contributed by atoms with Gasteiger partial charge in [-0.1, -0.05) is 51.8 Å². The molecule has 1 spiro atoms. The fourth-order valence-corrected chi connectivity index (χ4v) is 11.7. The molecule has 13 heteroatoms. The van der Waals surface area contributed by atoms with Gasteiger partial charge in [0.25, 0.3) is 0 Å². The van der Waals surface area contributed by atoms with Crippen molar-refractivity contribution in [2.75, 3.05) is 24.8 Å². The molecule has 13 unspecified atom stereocenters. The van der Waals surface area contributed by atoms with Gasteiger partial charge in [0.05, 0.1) is 37.0 Å². The lowest BCUT2D eigenvalue weighted by Crippen LogP contribution is -2.95. The maximum atomic E-state index is 14.8. The second-order valence-electron chi connectivity index (χ2n) is 14.2. The van der Waals surface area contributed by atoms with Gasteiger partial charge in [-0.3, -0.25) is 14.9 Å². The third-order valence-corrected chi connectivity index (χ3v) is 14.0. The summed E-state index contributed by atoms with van der Waals surface area (Å²) >= 11 is 0. The minimum absolute atomic E-state index is 0.0984. The van der Waals surface area contributed by atoms with Crippen LogP contribution in [0.2, 0.25) is 0 Å². The zero-order valence-corrected chi connectivity index (χ0v) is 27.0. The zero-order valence-electron chi connectivity index (χ0n) is 25.4. The molecule has 0 amide bonds. The van der Waals surface area contributed by atoms with Gasteiger partial charge in [-0.05, 0) is 44.6 Å². The Kier molecular flexibility index (Phi) is 8.62. The summed E-state index contributed by atoms with van der Waals surface area (Å²) in [6, 6.07) is 0. The number of hydrogen-bond acceptors (Lipinski definition) is 12. The maximum absolute atomic E-state index is 14.8. The van der Waals surface area contributed by atoms with Crippen LogP contribution in [0.3, 0.4) is 0 Å². The number of nitrogens with one attached hydrogen (secondary N) is 1. The van der Waals surface area contributed by atoms with Crippen molar-refractivity contribution < 1.29 is 49.9 Å². The molecule has 13 atom stereocenters. The molecular weight excluding hydrogens is 620 g/mol. The Labute approximate surface area is 270 Å². The summed E-state index contributed by atoms with van der Waals surface area (Å²) in [5, 5.41) is 63.2. The second-order valence-corrected chi connectivity index (χ2v) is 16.6. The first-order valence-corrected chi connectivity index (χ1v) is 18.7. The molecule has 2 saturated carbocycles. The SMILES string of the molecule is CC1=CC2C(=O)C3CCCC4OC5OC6(CO)C=CC(CC7CC[NH2+]C(C7)NCSSCC2(C(=O)C43)C(O)=C1)C(O)(C5O)C6O. The first kappa shape index (κ1) is 32.3. The molecule has 0 radical (unpaired) electrons. The van der Waals surface area contributed by atoms with Gasteiger partial charge in [0.1, 0.15) is 46.5 Å². The Morgan fingerprint density at radius 1 is 1.16 bits per heavy atom. The number of aliphatic hydroxyl groups excluding tert-OH is 4. The van der Waals surface area contributed by atoms with E-state index < -0.39 is 71.5 Å². The number of ketones is 2. The van der Waals surface area contributed by atoms with Crippen molar-refractivity contribution in [2.24, 2.45) is 35.0 Å². The van der Waals surface area contributed by atoms with Crippen molar-refractivity contribution in [3.8, 4) is 0 Å². The number of quaternary nitrogens is 1. The summed E-state index contributed by atoms with van der Waals surface area (Å²) in [6.45, 7) is 2.04. The smallest absolute Gasteiger partial charge is 0.188 e. The van der Waals surface area contributed by atoms with E-state index in [-0.39, 0.29) is 35.2 Å². The number of piperidine rings is 1. The van der Waals surface area contributed by atoms with Gasteiger partial charge >= 0.3 is 0 Å². The van der Waals surface area contributed by atoms with E-state index in [9.17, 15) is 35.1 Å². The van der Waals surface area contributed by atoms with Crippen molar-refractivity contribution in [1.82, 2.24) is 5.32 Å². The van der Waals surface area contributed by atoms with Crippen molar-refractivity contribution in [1.29, 1.82) is 0 Å². The third kappa shape index (κ3) is 4.95. The van der Waals surface area contributed by atoms with Gasteiger partial charge in [-0.25, -0.2) is 0 Å². The van der Waals surface area contributed by atoms with Crippen molar-refractivity contribution >= 4 is 33.2 Å². The molecule has 3 aliphatic heterocycles. The van der Waals surface area contributed by atoms with Gasteiger partial charge in [0.15, 0.2) is 12.1 Å². The monoisotopic (exact) mass is 665 g/mol. The number of allylic oxidation sites excluding steroid dienone is 4. The standard InChI is InChI=1S/C32H44N2O9S2/c1-16-9-20-25(37)19-3-2-4-21-24(19)26(38)31(20,22(36)10-16)14-44-45-15-34-23-12-17(6-8-33-23)11-18-5-7-30(13-35)29(40)32(18,41)27(39)28(42-21)43-30/h5,7,9-10,17-21,23-24,27-29,33-36,39-41H,2-4,6,8,11-15H2,1H3/p+1. The first-order chi connectivity index (χ1) is 21.5. The van der Waals surface area contributed by atoms with E-state index in [1.54, 1.807) is 29.0 Å². The highest BCUT2D eigenvalue weighted by Crippen LogP contribution is 2.56. The van der Waals surface area contributed by atoms with Crippen LogP contribution in [0, 0.1) is 35.0 Å². The van der Waals surface area contributed by atoms with Crippen LogP contribution in [0.5, 0.6) is 0 Å². The average molecular weight is 666 g/mol. The normalized spacial score (nSPS) is 50.2. The molecule has 7 rings (SSSR count). The van der Waals surface area contributed by atoms with Gasteiger partial charge in [0, 0.05) is 24.0 Å². The van der Waals surface area contributed by atoms with Crippen molar-refractivity contribution in [2.45, 2.75) is 87.4 Å². The van der Waals surface area contributed by atoms with E-state index in [2.05, 4.69) is 10.6 Å². The molecule has 7 aliphatic rings. The molecule has 4 aliphatic carbocycles. The lowest BCUT2D eigenvalue weighted by molar-refractivity contribution is -0.704. The maximum Gasteiger partial charge on any atom is 0.188 e. The Bertz CT molecular complexity index is 1310. The number of rotatable bonds is 1. The van der Waals surface area contributed by atoms with Crippen LogP contribution in [-0.2, 0) is 19.1 Å². The summed E-state index contributed by atoms with van der Waals surface area (Å²) in [4.78, 5) is 29.0. The summed E-state index contributed by atoms with van der Waals surface area (Å²) in [5.41, 5.74) is -4.50. The van der Waals surface area contributed by atoms with Gasteiger partial charge in [0.2, 0.25) is 0 Å². The van der Waals surface area contributed by atoms with Gasteiger partial charge in [-0.2, -0.15) is 0 Å². The van der Waals surface area contributed by atoms with Gasteiger partial charge < -0.3 is 40.3 Å². The number of nitrogens with two attached hydrogens (primary N) is 1. The molecule has 7 bridgehead atoms. The molecule has 0 aromatic heterocycles. The minimum atomic E-state index is -2.08. The fourth-order valence-electron chi connectivity index (χ4n) is 9.29. The average Bonchev–Trinajstić information content (AvgIpc) is 3.02. The topological polar surface area (TPSA) is 182 Å². The van der Waals surface area contributed by atoms with Crippen LogP contribution in [-0.4, -0.2) is 104 Å². The number of carbonyl (C=O) groups is 2. The predicted octanol–water partition coefficient (Wildman–Crippen LogP) is 0.302. The van der Waals surface area contributed by atoms with Crippen LogP contribution in [0.1, 0.15) is 45.4 Å². The number of aliphatic hydroxyl groups is 5. The van der Waals surface area contributed by atoms with Crippen LogP contribution in [0.15, 0.2) is 35.6 Å². The molecule has 8 N–H and O–H groups in total. The summed E-state index contributed by atoms with van der Waals surface area (Å²) in [7, 11) is 3.03. The molecule has 0 aromatic carbocycles. The zero-order chi connectivity index (χ0) is 31.7. The summed E-state index contributed by atoms with van der Waals surface area (Å²) in [6.07, 6.45) is 4.97. The van der Waals surface area contributed by atoms with E-state index >= 15 is 0 Å². The molecule has 248 valence electrons. The van der Waals surface area contributed by atoms with Crippen LogP contribution < -0.4 is 10.6 Å². The van der Waals surface area contributed by atoms with E-state index in [0.29, 0.717) is 31.6 Å². The van der Waals surface area contributed by atoms with Gasteiger partial charge in [-0.15, -0.1) is 0 Å². The van der Waals surface area contributed by atoms with Crippen LogP contribution >= 0.6 is 21.6 Å². The highest BCUT2D eigenvalue weighted by molar-refractivity contribution is 8.76. The van der Waals surface area contributed by atoms with E-state index in [0.717, 1.165) is 25.0 Å². The Morgan fingerprint density at radius 2 is 1.98 bits per heavy atom. The molecule has 0 aromatic rings. The minimum Gasteiger partial charge on any atom is -0.511 e. The molecule has 11 nitrogen and oxygen atoms in total. The fraction of sp³-hybridized carbons (Fsp3) is 0.750. The number of fused-ring (bicyclic) bond motifs is 4. The highest BCUT2D eigenvalue weighted by Gasteiger charge is 2.68. The second kappa shape index (κ2) is 12.0. The van der Waals surface area contributed by atoms with Crippen LogP contribution in [0.4, 0.5) is 0 Å². The summed E-state index contributed by atoms with van der Waals surface area (Å²) in [5.74, 6) is -2.39. The number of hydrogen-bond donors (Lipinski definition) is 7. The lowest BCUT2D eigenvalue weighted by atomic mass is 9.53. The summed E-state index contributed by atoms with van der Waals surface area (Å²) < 4.78 is 12.6. The van der Waals surface area contributed by atoms with Crippen molar-refractivity contribution in [3.05, 3.63) is 35.6 Å². The Hall–Kier alpha value is -1.26. The first-order valence-electron chi connectivity index (χ1n) is 16.3. The number of ether oxygens (including phenoxy) is 2. The molecule has 5 fully saturated rings. The molecular formula is C32H45N2O9S2+. The lowest BCUT2D eigenvalue weighted by Gasteiger charge is -2.58. The van der Waals surface area contributed by atoms with E-state index in [4.69, 9.17) is 9.47 Å². The highest BCUT2D eigenvalue weighted by atomic mass is 33.1. The largest absolute Gasteiger partial charge is 0.511 e. The third-order valence-electron chi connectivity index (χ3n) is 11.7. The van der Waals surface area contributed by atoms with Crippen molar-refractivity contribution in [3.63, 3.8) is 0 Å². The molecule has 3 heterocycles. The van der Waals surface area contributed by atoms with E-state index in [1.807, 2.05) is 13.0 Å².